The van der Waals surface area contributed by atoms with Crippen LogP contribution in [0.3, 0.4) is 0 Å². The van der Waals surface area contributed by atoms with E-state index < -0.39 is 11.2 Å². The van der Waals surface area contributed by atoms with Gasteiger partial charge in [0.15, 0.2) is 0 Å². The molecule has 0 aliphatic carbocycles. The molecule has 0 N–H and O–H groups in total. The molecule has 6 rings (SSSR count). The van der Waals surface area contributed by atoms with E-state index in [9.17, 15) is 19.2 Å². The zero-order valence-corrected chi connectivity index (χ0v) is 40.4. The molecule has 2 aliphatic rings. The van der Waals surface area contributed by atoms with E-state index in [4.69, 9.17) is 34.6 Å². The molecule has 17 heteroatoms. The van der Waals surface area contributed by atoms with E-state index in [0.29, 0.717) is 58.1 Å². The average Bonchev–Trinajstić information content (AvgIpc) is 3.83. The SMILES string of the molecule is CC(C)(C)OC(=O)N1CCC(S)CC1.COC(=O)c1ccc(-c2nc(CCl)c(C)o2)cc1.COC(=O)c1ccc(-c2nc(CSC3CCN(C(=O)OC(C)(C)C)CC3)c(C)o2)cc1. The van der Waals surface area contributed by atoms with Crippen LogP contribution in [0.25, 0.3) is 22.9 Å². The third-order valence-electron chi connectivity index (χ3n) is 9.68. The van der Waals surface area contributed by atoms with Crippen molar-refractivity contribution in [3.05, 3.63) is 82.6 Å². The number of amides is 2. The number of piperidine rings is 2. The molecular formula is C46H61ClN4O10S2. The Morgan fingerprint density at radius 1 is 0.683 bits per heavy atom. The maximum atomic E-state index is 12.2. The molecule has 0 atom stereocenters. The Hall–Kier alpha value is -4.67. The van der Waals surface area contributed by atoms with Crippen molar-refractivity contribution in [3.63, 3.8) is 0 Å². The van der Waals surface area contributed by atoms with Gasteiger partial charge in [-0.3, -0.25) is 0 Å². The standard InChI is InChI=1S/C23H30N2O5S.C13H12ClNO3.C10H19NO2S/c1-15-19(24-20(29-15)16-6-8-17(9-7-16)21(26)28-5)14-31-18-10-12-25(13-11-18)22(27)30-23(2,3)4;1-8-11(7-14)15-12(18-8)9-3-5-10(6-4-9)13(16)17-2;1-10(2,3)13-9(12)11-6-4-8(14)5-7-11/h6-9,18H,10-14H2,1-5H3;3-6H,7H2,1-2H3;8,14H,4-7H2,1-3H3. The molecule has 0 unspecified atom stereocenters. The molecule has 14 nitrogen and oxygen atoms in total. The molecule has 0 radical (unpaired) electrons. The molecule has 0 spiro atoms. The van der Waals surface area contributed by atoms with Crippen molar-refractivity contribution in [1.82, 2.24) is 19.8 Å². The van der Waals surface area contributed by atoms with Gasteiger partial charge >= 0.3 is 24.1 Å². The lowest BCUT2D eigenvalue weighted by atomic mass is 10.1. The van der Waals surface area contributed by atoms with Gasteiger partial charge in [-0.25, -0.2) is 29.1 Å². The van der Waals surface area contributed by atoms with Crippen LogP contribution in [0.5, 0.6) is 0 Å². The number of aryl methyl sites for hydroxylation is 2. The monoisotopic (exact) mass is 928 g/mol. The number of nitrogens with zero attached hydrogens (tertiary/aromatic N) is 4. The summed E-state index contributed by atoms with van der Waals surface area (Å²) in [4.78, 5) is 59.2. The highest BCUT2D eigenvalue weighted by Gasteiger charge is 2.28. The van der Waals surface area contributed by atoms with Gasteiger partial charge in [0.1, 0.15) is 22.7 Å². The quantitative estimate of drug-likeness (QED) is 0.0769. The molecule has 4 heterocycles. The van der Waals surface area contributed by atoms with Crippen LogP contribution >= 0.6 is 36.0 Å². The molecule has 2 saturated heterocycles. The van der Waals surface area contributed by atoms with E-state index in [1.807, 2.05) is 67.2 Å². The first-order valence-electron chi connectivity index (χ1n) is 20.8. The highest BCUT2D eigenvalue weighted by Crippen LogP contribution is 2.31. The van der Waals surface area contributed by atoms with E-state index in [2.05, 4.69) is 27.3 Å². The van der Waals surface area contributed by atoms with Crippen molar-refractivity contribution in [2.24, 2.45) is 0 Å². The summed E-state index contributed by atoms with van der Waals surface area (Å²) in [6.45, 7) is 18.0. The Balaban J connectivity index is 0.000000230. The van der Waals surface area contributed by atoms with Crippen molar-refractivity contribution in [2.45, 2.75) is 114 Å². The molecule has 2 fully saturated rings. The Labute approximate surface area is 385 Å². The summed E-state index contributed by atoms with van der Waals surface area (Å²) in [6, 6.07) is 13.9. The molecule has 0 bridgehead atoms. The topological polar surface area (TPSA) is 164 Å². The van der Waals surface area contributed by atoms with E-state index >= 15 is 0 Å². The minimum atomic E-state index is -0.468. The highest BCUT2D eigenvalue weighted by atomic mass is 35.5. The fourth-order valence-electron chi connectivity index (χ4n) is 6.20. The smallest absolute Gasteiger partial charge is 0.410 e. The first-order chi connectivity index (χ1) is 29.7. The van der Waals surface area contributed by atoms with Gasteiger partial charge in [0, 0.05) is 53.6 Å². The molecule has 2 aromatic heterocycles. The molecule has 2 aromatic carbocycles. The summed E-state index contributed by atoms with van der Waals surface area (Å²) in [5.74, 6) is 2.88. The Kier molecular flexibility index (Phi) is 18.9. The van der Waals surface area contributed by atoms with Crippen molar-refractivity contribution in [3.8, 4) is 22.9 Å². The highest BCUT2D eigenvalue weighted by molar-refractivity contribution is 7.99. The number of thiol groups is 1. The molecule has 4 aromatic rings. The van der Waals surface area contributed by atoms with Crippen molar-refractivity contribution in [1.29, 1.82) is 0 Å². The fraction of sp³-hybridized carbons (Fsp3) is 0.522. The lowest BCUT2D eigenvalue weighted by Gasteiger charge is -2.33. The van der Waals surface area contributed by atoms with Gasteiger partial charge in [-0.05, 0) is 130 Å². The van der Waals surface area contributed by atoms with Crippen molar-refractivity contribution >= 4 is 60.1 Å². The largest absolute Gasteiger partial charge is 0.465 e. The summed E-state index contributed by atoms with van der Waals surface area (Å²) in [7, 11) is 2.71. The second kappa shape index (κ2) is 23.3. The minimum absolute atomic E-state index is 0.197. The second-order valence-electron chi connectivity index (χ2n) is 17.0. The van der Waals surface area contributed by atoms with Crippen LogP contribution in [-0.4, -0.2) is 106 Å². The van der Waals surface area contributed by atoms with Gasteiger partial charge in [0.05, 0.1) is 42.6 Å². The van der Waals surface area contributed by atoms with Gasteiger partial charge in [-0.1, -0.05) is 0 Å². The number of oxazole rings is 2. The Morgan fingerprint density at radius 2 is 1.06 bits per heavy atom. The number of benzene rings is 2. The summed E-state index contributed by atoms with van der Waals surface area (Å²) in [5, 5.41) is 0.909. The van der Waals surface area contributed by atoms with Crippen LogP contribution in [0.4, 0.5) is 9.59 Å². The minimum Gasteiger partial charge on any atom is -0.465 e. The van der Waals surface area contributed by atoms with Crippen LogP contribution in [-0.2, 0) is 30.6 Å². The number of alkyl halides is 1. The number of esters is 2. The number of hydrogen-bond acceptors (Lipinski definition) is 14. The van der Waals surface area contributed by atoms with Gasteiger partial charge in [-0.15, -0.1) is 11.6 Å². The maximum Gasteiger partial charge on any atom is 0.410 e. The number of hydrogen-bond donors (Lipinski definition) is 1. The number of aromatic nitrogens is 2. The molecule has 344 valence electrons. The molecular weight excluding hydrogens is 868 g/mol. The number of methoxy groups -OCH3 is 2. The van der Waals surface area contributed by atoms with Crippen LogP contribution in [0.15, 0.2) is 57.4 Å². The number of halogens is 1. The maximum absolute atomic E-state index is 12.2. The summed E-state index contributed by atoms with van der Waals surface area (Å²) >= 11 is 12.0. The van der Waals surface area contributed by atoms with E-state index in [1.165, 1.54) is 14.2 Å². The van der Waals surface area contributed by atoms with E-state index in [0.717, 1.165) is 72.8 Å². The number of carbonyl (C=O) groups excluding carboxylic acids is 4. The number of thioether (sulfide) groups is 1. The first-order valence-corrected chi connectivity index (χ1v) is 22.9. The molecule has 2 aliphatic heterocycles. The zero-order valence-electron chi connectivity index (χ0n) is 37.9. The lowest BCUT2D eigenvalue weighted by molar-refractivity contribution is 0.0209. The van der Waals surface area contributed by atoms with Gasteiger partial charge < -0.3 is 37.6 Å². The number of rotatable bonds is 8. The Morgan fingerprint density at radius 3 is 1.43 bits per heavy atom. The first kappa shape index (κ1) is 51.0. The van der Waals surface area contributed by atoms with Crippen LogP contribution in [0.2, 0.25) is 0 Å². The zero-order chi connectivity index (χ0) is 46.5. The number of ether oxygens (including phenoxy) is 4. The number of likely N-dealkylation sites (tertiary alicyclic amines) is 2. The van der Waals surface area contributed by atoms with Gasteiger partial charge in [0.2, 0.25) is 11.8 Å². The van der Waals surface area contributed by atoms with Gasteiger partial charge in [-0.2, -0.15) is 24.4 Å². The van der Waals surface area contributed by atoms with E-state index in [-0.39, 0.29) is 24.1 Å². The molecule has 2 amide bonds. The van der Waals surface area contributed by atoms with Crippen LogP contribution < -0.4 is 0 Å². The summed E-state index contributed by atoms with van der Waals surface area (Å²) in [5.41, 5.74) is 3.37. The summed E-state index contributed by atoms with van der Waals surface area (Å²) in [6.07, 6.45) is 3.36. The van der Waals surface area contributed by atoms with Crippen molar-refractivity contribution in [2.75, 3.05) is 40.4 Å². The van der Waals surface area contributed by atoms with Gasteiger partial charge in [0.25, 0.3) is 0 Å². The van der Waals surface area contributed by atoms with Crippen LogP contribution in [0, 0.1) is 13.8 Å². The second-order valence-corrected chi connectivity index (χ2v) is 19.3. The fourth-order valence-corrected chi connectivity index (χ4v) is 7.88. The number of carbonyl (C=O) groups is 4. The molecule has 0 saturated carbocycles. The molecule has 63 heavy (non-hydrogen) atoms. The Bertz CT molecular complexity index is 2110. The predicted molar refractivity (Wildman–Crippen MR) is 248 cm³/mol. The van der Waals surface area contributed by atoms with Crippen LogP contribution in [0.1, 0.15) is 111 Å². The predicted octanol–water partition coefficient (Wildman–Crippen LogP) is 10.6. The average molecular weight is 930 g/mol. The van der Waals surface area contributed by atoms with E-state index in [1.54, 1.807) is 58.3 Å². The third-order valence-corrected chi connectivity index (χ3v) is 11.8. The normalized spacial score (nSPS) is 14.7. The van der Waals surface area contributed by atoms with Crippen molar-refractivity contribution < 1.29 is 47.0 Å². The summed E-state index contributed by atoms with van der Waals surface area (Å²) < 4.78 is 31.4. The lowest BCUT2D eigenvalue weighted by Crippen LogP contribution is -2.42. The third kappa shape index (κ3) is 16.1.